The van der Waals surface area contributed by atoms with Crippen molar-refractivity contribution in [1.29, 1.82) is 0 Å². The second kappa shape index (κ2) is 8.29. The molecule has 1 heterocycles. The Morgan fingerprint density at radius 3 is 2.57 bits per heavy atom. The average Bonchev–Trinajstić information content (AvgIpc) is 3.45. The first-order valence-corrected chi connectivity index (χ1v) is 10.5. The molecule has 0 saturated heterocycles. The largest absolute Gasteiger partial charge is 0.334 e. The van der Waals surface area contributed by atoms with Gasteiger partial charge in [0.2, 0.25) is 5.91 Å². The highest BCUT2D eigenvalue weighted by Gasteiger charge is 2.30. The maximum atomic E-state index is 13.1. The maximum Gasteiger partial charge on any atom is 0.223 e. The van der Waals surface area contributed by atoms with Crippen molar-refractivity contribution in [3.05, 3.63) is 52.8 Å². The number of aryl methyl sites for hydroxylation is 1. The van der Waals surface area contributed by atoms with Gasteiger partial charge in [0.1, 0.15) is 0 Å². The Kier molecular flexibility index (Phi) is 5.60. The highest BCUT2D eigenvalue weighted by molar-refractivity contribution is 5.97. The predicted molar refractivity (Wildman–Crippen MR) is 108 cm³/mol. The van der Waals surface area contributed by atoms with E-state index in [-0.39, 0.29) is 24.5 Å². The van der Waals surface area contributed by atoms with E-state index < -0.39 is 0 Å². The quantitative estimate of drug-likeness (QED) is 0.687. The summed E-state index contributed by atoms with van der Waals surface area (Å²) < 4.78 is 1.99. The van der Waals surface area contributed by atoms with E-state index in [2.05, 4.69) is 0 Å². The number of nitrogens with zero attached hydrogens (tertiary/aromatic N) is 3. The maximum absolute atomic E-state index is 13.1. The number of hydrogen-bond donors (Lipinski definition) is 0. The van der Waals surface area contributed by atoms with Gasteiger partial charge in [0.05, 0.1) is 12.2 Å². The summed E-state index contributed by atoms with van der Waals surface area (Å²) in [6.07, 6.45) is 8.36. The highest BCUT2D eigenvalue weighted by atomic mass is 16.2. The van der Waals surface area contributed by atoms with E-state index >= 15 is 0 Å². The molecule has 1 aromatic heterocycles. The van der Waals surface area contributed by atoms with E-state index in [1.54, 1.807) is 0 Å². The molecular formula is C23H29N3O2. The van der Waals surface area contributed by atoms with E-state index in [4.69, 9.17) is 5.10 Å². The van der Waals surface area contributed by atoms with E-state index in [1.165, 1.54) is 30.5 Å². The molecule has 1 amide bonds. The van der Waals surface area contributed by atoms with Gasteiger partial charge in [0.25, 0.3) is 0 Å². The molecule has 1 aromatic carbocycles. The second-order valence-corrected chi connectivity index (χ2v) is 8.10. The molecule has 4 rings (SSSR count). The molecule has 0 atom stereocenters. The zero-order valence-corrected chi connectivity index (χ0v) is 16.7. The van der Waals surface area contributed by atoms with E-state index in [0.717, 1.165) is 31.4 Å². The van der Waals surface area contributed by atoms with Crippen LogP contribution in [0.5, 0.6) is 0 Å². The van der Waals surface area contributed by atoms with Gasteiger partial charge >= 0.3 is 0 Å². The summed E-state index contributed by atoms with van der Waals surface area (Å²) in [5.74, 6) is 0.132. The Morgan fingerprint density at radius 1 is 1.07 bits per heavy atom. The van der Waals surface area contributed by atoms with Crippen molar-refractivity contribution in [2.24, 2.45) is 7.05 Å². The fraction of sp³-hybridized carbons (Fsp3) is 0.522. The number of aromatic nitrogens is 2. The molecule has 0 N–H and O–H groups in total. The lowest BCUT2D eigenvalue weighted by atomic mass is 10.1. The molecule has 0 bridgehead atoms. The third-order valence-electron chi connectivity index (χ3n) is 6.27. The van der Waals surface area contributed by atoms with Gasteiger partial charge in [-0.15, -0.1) is 0 Å². The minimum absolute atomic E-state index is 0.0408. The summed E-state index contributed by atoms with van der Waals surface area (Å²) >= 11 is 0. The number of fused-ring (bicyclic) bond motifs is 1. The van der Waals surface area contributed by atoms with Crippen LogP contribution in [0.2, 0.25) is 0 Å². The van der Waals surface area contributed by atoms with Crippen molar-refractivity contribution in [2.45, 2.75) is 70.4 Å². The van der Waals surface area contributed by atoms with Gasteiger partial charge in [0, 0.05) is 37.2 Å². The van der Waals surface area contributed by atoms with Crippen LogP contribution in [-0.2, 0) is 31.2 Å². The summed E-state index contributed by atoms with van der Waals surface area (Å²) in [7, 11) is 2.01. The van der Waals surface area contributed by atoms with Crippen LogP contribution in [0.15, 0.2) is 30.3 Å². The summed E-state index contributed by atoms with van der Waals surface area (Å²) in [5.41, 5.74) is 4.42. The van der Waals surface area contributed by atoms with Gasteiger partial charge in [0.15, 0.2) is 5.78 Å². The number of Topliss-reactive ketones (excluding diaryl/α,β-unsaturated/α-hetero) is 1. The van der Waals surface area contributed by atoms with Gasteiger partial charge < -0.3 is 4.90 Å². The van der Waals surface area contributed by atoms with Gasteiger partial charge in [-0.2, -0.15) is 5.10 Å². The lowest BCUT2D eigenvalue weighted by Crippen LogP contribution is -2.38. The molecule has 5 nitrogen and oxygen atoms in total. The van der Waals surface area contributed by atoms with Crippen molar-refractivity contribution in [3.8, 4) is 0 Å². The molecule has 0 aliphatic heterocycles. The lowest BCUT2D eigenvalue weighted by molar-refractivity contribution is -0.134. The van der Waals surface area contributed by atoms with Gasteiger partial charge in [-0.25, -0.2) is 0 Å². The fourth-order valence-electron chi connectivity index (χ4n) is 4.76. The van der Waals surface area contributed by atoms with Crippen molar-refractivity contribution in [1.82, 2.24) is 14.7 Å². The van der Waals surface area contributed by atoms with Gasteiger partial charge in [-0.05, 0) is 37.7 Å². The van der Waals surface area contributed by atoms with Crippen LogP contribution >= 0.6 is 0 Å². The number of carbonyl (C=O) groups is 2. The summed E-state index contributed by atoms with van der Waals surface area (Å²) in [5, 5.41) is 4.72. The van der Waals surface area contributed by atoms with Gasteiger partial charge in [-0.1, -0.05) is 43.2 Å². The van der Waals surface area contributed by atoms with Crippen LogP contribution in [0, 0.1) is 0 Å². The molecule has 0 spiro atoms. The minimum atomic E-state index is 0.0408. The highest BCUT2D eigenvalue weighted by Crippen LogP contribution is 2.29. The number of hydrogen-bond acceptors (Lipinski definition) is 3. The standard InChI is InChI=1S/C23H29N3O2/c1-25-21-13-7-12-19(21)20(24-25)16-26(18-10-5-6-11-18)23(28)15-14-22(27)17-8-3-2-4-9-17/h2-4,8-9,18H,5-7,10-16H2,1H3. The molecule has 28 heavy (non-hydrogen) atoms. The molecule has 148 valence electrons. The first-order valence-electron chi connectivity index (χ1n) is 10.5. The molecule has 2 aliphatic rings. The third kappa shape index (κ3) is 3.89. The van der Waals surface area contributed by atoms with Gasteiger partial charge in [-0.3, -0.25) is 14.3 Å². The van der Waals surface area contributed by atoms with Crippen molar-refractivity contribution in [3.63, 3.8) is 0 Å². The SMILES string of the molecule is Cn1nc(CN(C(=O)CCC(=O)c2ccccc2)C2CCCC2)c2c1CCC2. The second-order valence-electron chi connectivity index (χ2n) is 8.10. The van der Waals surface area contributed by atoms with Crippen LogP contribution in [0.4, 0.5) is 0 Å². The number of benzene rings is 1. The Hall–Kier alpha value is -2.43. The monoisotopic (exact) mass is 379 g/mol. The Labute approximate surface area is 166 Å². The first kappa shape index (κ1) is 18.9. The van der Waals surface area contributed by atoms with E-state index in [9.17, 15) is 9.59 Å². The van der Waals surface area contributed by atoms with E-state index in [0.29, 0.717) is 18.2 Å². The number of ketones is 1. The first-order chi connectivity index (χ1) is 13.6. The number of amides is 1. The molecule has 2 aromatic rings. The zero-order chi connectivity index (χ0) is 19.5. The summed E-state index contributed by atoms with van der Waals surface area (Å²) in [4.78, 5) is 27.6. The zero-order valence-electron chi connectivity index (χ0n) is 16.7. The molecule has 0 unspecified atom stereocenters. The molecule has 2 aliphatic carbocycles. The van der Waals surface area contributed by atoms with Crippen LogP contribution in [0.25, 0.3) is 0 Å². The molecule has 0 radical (unpaired) electrons. The molecule has 1 saturated carbocycles. The Balaban J connectivity index is 1.46. The Morgan fingerprint density at radius 2 is 1.82 bits per heavy atom. The lowest BCUT2D eigenvalue weighted by Gasteiger charge is -2.29. The fourth-order valence-corrected chi connectivity index (χ4v) is 4.76. The van der Waals surface area contributed by atoms with Crippen LogP contribution in [0.1, 0.15) is 72.3 Å². The van der Waals surface area contributed by atoms with Crippen molar-refractivity contribution in [2.75, 3.05) is 0 Å². The van der Waals surface area contributed by atoms with E-state index in [1.807, 2.05) is 47.0 Å². The molecule has 1 fully saturated rings. The number of rotatable bonds is 7. The summed E-state index contributed by atoms with van der Waals surface area (Å²) in [6.45, 7) is 0.589. The smallest absolute Gasteiger partial charge is 0.223 e. The van der Waals surface area contributed by atoms with Crippen LogP contribution < -0.4 is 0 Å². The molecule has 5 heteroatoms. The average molecular weight is 380 g/mol. The minimum Gasteiger partial charge on any atom is -0.334 e. The number of carbonyl (C=O) groups excluding carboxylic acids is 2. The van der Waals surface area contributed by atoms with Crippen LogP contribution in [0.3, 0.4) is 0 Å². The van der Waals surface area contributed by atoms with Crippen molar-refractivity contribution >= 4 is 11.7 Å². The molecular weight excluding hydrogens is 350 g/mol. The predicted octanol–water partition coefficient (Wildman–Crippen LogP) is 3.84. The van der Waals surface area contributed by atoms with Crippen molar-refractivity contribution < 1.29 is 9.59 Å². The topological polar surface area (TPSA) is 55.2 Å². The summed E-state index contributed by atoms with van der Waals surface area (Å²) in [6, 6.07) is 9.55. The third-order valence-corrected chi connectivity index (χ3v) is 6.27. The normalized spacial score (nSPS) is 16.3. The Bertz CT molecular complexity index is 850. The van der Waals surface area contributed by atoms with Crippen LogP contribution in [-0.4, -0.2) is 32.4 Å².